The van der Waals surface area contributed by atoms with E-state index in [-0.39, 0.29) is 5.82 Å². The van der Waals surface area contributed by atoms with Crippen LogP contribution in [0.25, 0.3) is 16.9 Å². The van der Waals surface area contributed by atoms with Crippen LogP contribution in [0.15, 0.2) is 48.5 Å². The molecule has 1 heterocycles. The zero-order valence-corrected chi connectivity index (χ0v) is 11.0. The summed E-state index contributed by atoms with van der Waals surface area (Å²) in [6, 6.07) is 13.1. The highest BCUT2D eigenvalue weighted by Gasteiger charge is 2.13. The van der Waals surface area contributed by atoms with Crippen LogP contribution < -0.4 is 5.73 Å². The molecule has 0 aliphatic heterocycles. The second kappa shape index (κ2) is 4.94. The van der Waals surface area contributed by atoms with Gasteiger partial charge in [0.2, 0.25) is 0 Å². The van der Waals surface area contributed by atoms with E-state index in [2.05, 4.69) is 10.3 Å². The number of rotatable bonds is 2. The highest BCUT2D eigenvalue weighted by Crippen LogP contribution is 2.26. The van der Waals surface area contributed by atoms with Gasteiger partial charge in [0.05, 0.1) is 5.69 Å². The fraction of sp³-hybridized carbons (Fsp3) is 0. The summed E-state index contributed by atoms with van der Waals surface area (Å²) in [5.74, 6) is 0.0634. The van der Waals surface area contributed by atoms with Crippen molar-refractivity contribution in [2.75, 3.05) is 5.73 Å². The van der Waals surface area contributed by atoms with Crippen LogP contribution in [0.2, 0.25) is 5.02 Å². The van der Waals surface area contributed by atoms with Crippen LogP contribution in [0.5, 0.6) is 0 Å². The summed E-state index contributed by atoms with van der Waals surface area (Å²) in [5.41, 5.74) is 7.99. The monoisotopic (exact) mass is 288 g/mol. The number of aromatic nitrogens is 3. The van der Waals surface area contributed by atoms with Crippen molar-refractivity contribution in [3.05, 3.63) is 59.4 Å². The molecule has 3 aromatic rings. The Bertz CT molecular complexity index is 752. The van der Waals surface area contributed by atoms with Crippen molar-refractivity contribution in [1.29, 1.82) is 0 Å². The lowest BCUT2D eigenvalue weighted by Crippen LogP contribution is -2.02. The van der Waals surface area contributed by atoms with E-state index in [0.29, 0.717) is 22.1 Å². The molecule has 0 fully saturated rings. The number of hydrogen-bond acceptors (Lipinski definition) is 3. The van der Waals surface area contributed by atoms with Gasteiger partial charge in [-0.1, -0.05) is 22.9 Å². The van der Waals surface area contributed by atoms with Gasteiger partial charge in [0, 0.05) is 10.6 Å². The summed E-state index contributed by atoms with van der Waals surface area (Å²) in [6.45, 7) is 0. The van der Waals surface area contributed by atoms with E-state index in [1.54, 1.807) is 30.3 Å². The van der Waals surface area contributed by atoms with Crippen LogP contribution in [-0.4, -0.2) is 15.0 Å². The Morgan fingerprint density at radius 3 is 2.55 bits per heavy atom. The summed E-state index contributed by atoms with van der Waals surface area (Å²) in [4.78, 5) is 0. The van der Waals surface area contributed by atoms with E-state index < -0.39 is 0 Å². The number of anilines is 1. The van der Waals surface area contributed by atoms with E-state index in [9.17, 15) is 4.39 Å². The predicted molar refractivity (Wildman–Crippen MR) is 76.2 cm³/mol. The predicted octanol–water partition coefficient (Wildman–Crippen LogP) is 3.31. The summed E-state index contributed by atoms with van der Waals surface area (Å²) in [6.07, 6.45) is 0. The average molecular weight is 289 g/mol. The maximum absolute atomic E-state index is 12.9. The highest BCUT2D eigenvalue weighted by atomic mass is 35.5. The molecule has 0 amide bonds. The van der Waals surface area contributed by atoms with Crippen molar-refractivity contribution in [1.82, 2.24) is 15.0 Å². The van der Waals surface area contributed by atoms with Crippen molar-refractivity contribution < 1.29 is 4.39 Å². The third-order valence-corrected chi connectivity index (χ3v) is 3.11. The van der Waals surface area contributed by atoms with Gasteiger partial charge in [-0.3, -0.25) is 0 Å². The van der Waals surface area contributed by atoms with Crippen LogP contribution >= 0.6 is 11.6 Å². The number of benzene rings is 2. The summed E-state index contributed by atoms with van der Waals surface area (Å²) >= 11 is 5.94. The highest BCUT2D eigenvalue weighted by molar-refractivity contribution is 6.30. The molecule has 20 heavy (non-hydrogen) atoms. The van der Waals surface area contributed by atoms with Gasteiger partial charge >= 0.3 is 0 Å². The molecule has 3 rings (SSSR count). The van der Waals surface area contributed by atoms with Gasteiger partial charge in [-0.15, -0.1) is 5.10 Å². The second-order valence-corrected chi connectivity index (χ2v) is 4.66. The Balaban J connectivity index is 2.07. The quantitative estimate of drug-likeness (QED) is 0.787. The molecule has 2 aromatic carbocycles. The molecule has 2 N–H and O–H groups in total. The third kappa shape index (κ3) is 2.23. The van der Waals surface area contributed by atoms with Crippen molar-refractivity contribution in [3.63, 3.8) is 0 Å². The molecular weight excluding hydrogens is 279 g/mol. The molecule has 0 spiro atoms. The van der Waals surface area contributed by atoms with Crippen molar-refractivity contribution in [3.8, 4) is 16.9 Å². The average Bonchev–Trinajstić information content (AvgIpc) is 2.82. The molecule has 0 unspecified atom stereocenters. The summed E-state index contributed by atoms with van der Waals surface area (Å²) in [7, 11) is 0. The number of nitrogens with two attached hydrogens (primary N) is 1. The van der Waals surface area contributed by atoms with Gasteiger partial charge in [0.25, 0.3) is 0 Å². The minimum Gasteiger partial charge on any atom is -0.382 e. The molecule has 100 valence electrons. The second-order valence-electron chi connectivity index (χ2n) is 4.22. The Hall–Kier alpha value is -2.40. The van der Waals surface area contributed by atoms with Crippen molar-refractivity contribution in [2.24, 2.45) is 0 Å². The topological polar surface area (TPSA) is 56.7 Å². The summed E-state index contributed by atoms with van der Waals surface area (Å²) in [5, 5.41) is 8.64. The Morgan fingerprint density at radius 1 is 1.10 bits per heavy atom. The zero-order chi connectivity index (χ0) is 14.1. The van der Waals surface area contributed by atoms with Gasteiger partial charge in [-0.05, 0) is 42.5 Å². The van der Waals surface area contributed by atoms with E-state index in [1.807, 2.05) is 6.07 Å². The number of hydrogen-bond donors (Lipinski definition) is 1. The van der Waals surface area contributed by atoms with Gasteiger partial charge in [0.1, 0.15) is 11.5 Å². The van der Waals surface area contributed by atoms with Crippen LogP contribution in [0, 0.1) is 5.82 Å². The SMILES string of the molecule is Nc1c(-c2ccc(F)cc2)nnn1-c1cccc(Cl)c1. The minimum absolute atomic E-state index is 0.311. The Labute approximate surface area is 119 Å². The molecule has 0 radical (unpaired) electrons. The molecule has 0 saturated carbocycles. The normalized spacial score (nSPS) is 10.7. The molecule has 6 heteroatoms. The van der Waals surface area contributed by atoms with E-state index >= 15 is 0 Å². The van der Waals surface area contributed by atoms with Crippen LogP contribution in [0.3, 0.4) is 0 Å². The van der Waals surface area contributed by atoms with Crippen LogP contribution in [0.1, 0.15) is 0 Å². The smallest absolute Gasteiger partial charge is 0.155 e. The van der Waals surface area contributed by atoms with E-state index in [1.165, 1.54) is 16.8 Å². The molecule has 1 aromatic heterocycles. The molecule has 0 atom stereocenters. The number of nitrogens with zero attached hydrogens (tertiary/aromatic N) is 3. The lowest BCUT2D eigenvalue weighted by Gasteiger charge is -2.04. The van der Waals surface area contributed by atoms with Gasteiger partial charge in [-0.2, -0.15) is 4.68 Å². The molecule has 0 aliphatic carbocycles. The van der Waals surface area contributed by atoms with E-state index in [0.717, 1.165) is 5.69 Å². The molecular formula is C14H10ClFN4. The lowest BCUT2D eigenvalue weighted by molar-refractivity contribution is 0.628. The van der Waals surface area contributed by atoms with Crippen LogP contribution in [0.4, 0.5) is 10.2 Å². The first-order valence-corrected chi connectivity index (χ1v) is 6.26. The maximum atomic E-state index is 12.9. The lowest BCUT2D eigenvalue weighted by atomic mass is 10.1. The van der Waals surface area contributed by atoms with Crippen LogP contribution in [-0.2, 0) is 0 Å². The minimum atomic E-state index is -0.311. The van der Waals surface area contributed by atoms with Gasteiger partial charge < -0.3 is 5.73 Å². The zero-order valence-electron chi connectivity index (χ0n) is 10.3. The summed E-state index contributed by atoms with van der Waals surface area (Å²) < 4.78 is 14.4. The molecule has 0 saturated heterocycles. The Kier molecular flexibility index (Phi) is 3.12. The molecule has 4 nitrogen and oxygen atoms in total. The number of halogens is 2. The van der Waals surface area contributed by atoms with Crippen molar-refractivity contribution in [2.45, 2.75) is 0 Å². The molecule has 0 aliphatic rings. The first-order valence-electron chi connectivity index (χ1n) is 5.88. The van der Waals surface area contributed by atoms with Gasteiger partial charge in [-0.25, -0.2) is 4.39 Å². The van der Waals surface area contributed by atoms with Gasteiger partial charge in [0.15, 0.2) is 5.82 Å². The third-order valence-electron chi connectivity index (χ3n) is 2.88. The first kappa shape index (κ1) is 12.6. The maximum Gasteiger partial charge on any atom is 0.155 e. The Morgan fingerprint density at radius 2 is 1.85 bits per heavy atom. The largest absolute Gasteiger partial charge is 0.382 e. The molecule has 0 bridgehead atoms. The fourth-order valence-electron chi connectivity index (χ4n) is 1.90. The first-order chi connectivity index (χ1) is 9.65. The number of nitrogen functional groups attached to an aromatic ring is 1. The van der Waals surface area contributed by atoms with Crippen molar-refractivity contribution >= 4 is 17.4 Å². The fourth-order valence-corrected chi connectivity index (χ4v) is 2.09. The standard InChI is InChI=1S/C14H10ClFN4/c15-10-2-1-3-12(8-10)20-14(17)13(18-19-20)9-4-6-11(16)7-5-9/h1-8H,17H2. The van der Waals surface area contributed by atoms with E-state index in [4.69, 9.17) is 17.3 Å².